The number of ether oxygens (including phenoxy) is 1. The average molecular weight is 469 g/mol. The number of carbonyl (C=O) groups is 1. The fourth-order valence-electron chi connectivity index (χ4n) is 3.66. The van der Waals surface area contributed by atoms with E-state index in [1.165, 1.54) is 6.20 Å². The molecule has 8 nitrogen and oxygen atoms in total. The minimum atomic E-state index is -0.869. The zero-order valence-electron chi connectivity index (χ0n) is 17.9. The number of hydrogen-bond donors (Lipinski definition) is 4. The number of aromatic amines is 1. The maximum Gasteiger partial charge on any atom is 0.263 e. The second-order valence-electron chi connectivity index (χ2n) is 7.65. The number of aliphatic hydroxyl groups excluding tert-OH is 1. The second kappa shape index (κ2) is 10.5. The molecule has 1 aromatic heterocycles. The summed E-state index contributed by atoms with van der Waals surface area (Å²) < 4.78 is 5.38. The van der Waals surface area contributed by atoms with Gasteiger partial charge in [0.15, 0.2) is 0 Å². The van der Waals surface area contributed by atoms with Crippen molar-refractivity contribution < 1.29 is 14.6 Å². The smallest absolute Gasteiger partial charge is 0.263 e. The Morgan fingerprint density at radius 3 is 2.64 bits per heavy atom. The van der Waals surface area contributed by atoms with Crippen molar-refractivity contribution in [1.29, 1.82) is 0 Å². The maximum absolute atomic E-state index is 12.9. The third kappa shape index (κ3) is 5.73. The van der Waals surface area contributed by atoms with E-state index >= 15 is 0 Å². The number of halogens is 1. The summed E-state index contributed by atoms with van der Waals surface area (Å²) in [5.74, 6) is -0.546. The zero-order chi connectivity index (χ0) is 23.2. The van der Waals surface area contributed by atoms with Crippen LogP contribution < -0.4 is 21.1 Å². The van der Waals surface area contributed by atoms with Gasteiger partial charge in [0.05, 0.1) is 25.0 Å². The number of aliphatic hydroxyl groups is 1. The number of nitrogens with zero attached hydrogens (tertiary/aromatic N) is 1. The molecule has 1 fully saturated rings. The first-order valence-electron chi connectivity index (χ1n) is 10.6. The molecule has 172 valence electrons. The molecule has 3 aromatic rings. The molecule has 1 saturated heterocycles. The number of H-pyrrole nitrogens is 1. The standard InChI is InChI=1S/C24H25ClN4O4/c25-17-3-1-2-16(14-17)21(30)15-27-20-8-9-26-23(31)22(20)24(32)28-18-4-6-19(7-5-18)29-10-12-33-13-11-29/h1-9,14,21,30H,10-13,15H2,(H,28,32)(H2,26,27,31)/t21-/m1/s1. The number of carbonyl (C=O) groups excluding carboxylic acids is 1. The third-order valence-electron chi connectivity index (χ3n) is 5.41. The predicted octanol–water partition coefficient (Wildman–Crippen LogP) is 3.26. The van der Waals surface area contributed by atoms with Gasteiger partial charge in [-0.05, 0) is 48.0 Å². The summed E-state index contributed by atoms with van der Waals surface area (Å²) >= 11 is 5.99. The van der Waals surface area contributed by atoms with Gasteiger partial charge in [0.25, 0.3) is 11.5 Å². The van der Waals surface area contributed by atoms with Crippen LogP contribution in [0.5, 0.6) is 0 Å². The largest absolute Gasteiger partial charge is 0.387 e. The van der Waals surface area contributed by atoms with Crippen molar-refractivity contribution >= 4 is 34.6 Å². The lowest BCUT2D eigenvalue weighted by Crippen LogP contribution is -2.36. The number of amides is 1. The molecule has 0 spiro atoms. The summed E-state index contributed by atoms with van der Waals surface area (Å²) in [5, 5.41) is 16.7. The van der Waals surface area contributed by atoms with E-state index in [0.717, 1.165) is 18.8 Å². The minimum Gasteiger partial charge on any atom is -0.387 e. The molecule has 0 radical (unpaired) electrons. The monoisotopic (exact) mass is 468 g/mol. The molecular weight excluding hydrogens is 444 g/mol. The SMILES string of the molecule is O=C(Nc1ccc(N2CCOCC2)cc1)c1c(NC[C@@H](O)c2cccc(Cl)c2)cc[nH]c1=O. The number of morpholine rings is 1. The van der Waals surface area contributed by atoms with Gasteiger partial charge in [0.2, 0.25) is 0 Å². The van der Waals surface area contributed by atoms with E-state index in [0.29, 0.717) is 35.2 Å². The zero-order valence-corrected chi connectivity index (χ0v) is 18.6. The highest BCUT2D eigenvalue weighted by molar-refractivity contribution is 6.30. The highest BCUT2D eigenvalue weighted by atomic mass is 35.5. The molecule has 0 unspecified atom stereocenters. The lowest BCUT2D eigenvalue weighted by molar-refractivity contribution is 0.102. The first-order chi connectivity index (χ1) is 16.0. The van der Waals surface area contributed by atoms with Crippen molar-refractivity contribution in [3.63, 3.8) is 0 Å². The summed E-state index contributed by atoms with van der Waals surface area (Å²) in [5.41, 5.74) is 1.98. The summed E-state index contributed by atoms with van der Waals surface area (Å²) in [4.78, 5) is 30.1. The van der Waals surface area contributed by atoms with E-state index in [-0.39, 0.29) is 12.1 Å². The molecule has 1 aliphatic heterocycles. The molecule has 0 saturated carbocycles. The Bertz CT molecular complexity index is 1160. The Morgan fingerprint density at radius 1 is 1.15 bits per heavy atom. The van der Waals surface area contributed by atoms with E-state index in [1.807, 2.05) is 12.1 Å². The number of pyridine rings is 1. The van der Waals surface area contributed by atoms with Gasteiger partial charge in [0, 0.05) is 42.2 Å². The highest BCUT2D eigenvalue weighted by Crippen LogP contribution is 2.22. The first-order valence-corrected chi connectivity index (χ1v) is 11.0. The molecule has 0 aliphatic carbocycles. The van der Waals surface area contributed by atoms with Crippen LogP contribution in [0.4, 0.5) is 17.1 Å². The number of anilines is 3. The lowest BCUT2D eigenvalue weighted by Gasteiger charge is -2.28. The quantitative estimate of drug-likeness (QED) is 0.424. The number of hydrogen-bond acceptors (Lipinski definition) is 6. The van der Waals surface area contributed by atoms with Gasteiger partial charge in [-0.15, -0.1) is 0 Å². The normalized spacial score (nSPS) is 14.5. The van der Waals surface area contributed by atoms with E-state index in [4.69, 9.17) is 16.3 Å². The lowest BCUT2D eigenvalue weighted by atomic mass is 10.1. The molecule has 1 atom stereocenters. The van der Waals surface area contributed by atoms with E-state index in [1.54, 1.807) is 42.5 Å². The van der Waals surface area contributed by atoms with Crippen molar-refractivity contribution in [2.45, 2.75) is 6.10 Å². The number of aromatic nitrogens is 1. The van der Waals surface area contributed by atoms with Gasteiger partial charge >= 0.3 is 0 Å². The fourth-order valence-corrected chi connectivity index (χ4v) is 3.86. The number of benzene rings is 2. The number of nitrogens with one attached hydrogen (secondary N) is 3. The molecule has 1 aliphatic rings. The van der Waals surface area contributed by atoms with E-state index in [2.05, 4.69) is 20.5 Å². The number of rotatable bonds is 7. The van der Waals surface area contributed by atoms with Gasteiger partial charge in [-0.2, -0.15) is 0 Å². The highest BCUT2D eigenvalue weighted by Gasteiger charge is 2.18. The van der Waals surface area contributed by atoms with Crippen LogP contribution in [0, 0.1) is 0 Å². The minimum absolute atomic E-state index is 0.0620. The predicted molar refractivity (Wildman–Crippen MR) is 129 cm³/mol. The molecule has 33 heavy (non-hydrogen) atoms. The summed E-state index contributed by atoms with van der Waals surface area (Å²) in [7, 11) is 0. The Balaban J connectivity index is 1.45. The molecule has 1 amide bonds. The molecule has 0 bridgehead atoms. The van der Waals surface area contributed by atoms with Gasteiger partial charge in [0.1, 0.15) is 5.56 Å². The van der Waals surface area contributed by atoms with E-state index < -0.39 is 17.6 Å². The summed E-state index contributed by atoms with van der Waals surface area (Å²) in [6.07, 6.45) is 0.580. The Hall–Kier alpha value is -3.33. The van der Waals surface area contributed by atoms with Gasteiger partial charge < -0.3 is 30.4 Å². The molecule has 2 heterocycles. The van der Waals surface area contributed by atoms with Crippen molar-refractivity contribution in [3.05, 3.63) is 87.3 Å². The van der Waals surface area contributed by atoms with Crippen LogP contribution in [0.25, 0.3) is 0 Å². The third-order valence-corrected chi connectivity index (χ3v) is 5.64. The molecular formula is C24H25ClN4O4. The first kappa shape index (κ1) is 22.8. The second-order valence-corrected chi connectivity index (χ2v) is 8.08. The molecule has 4 rings (SSSR count). The van der Waals surface area contributed by atoms with Crippen LogP contribution >= 0.6 is 11.6 Å². The van der Waals surface area contributed by atoms with Gasteiger partial charge in [-0.1, -0.05) is 23.7 Å². The Kier molecular flexibility index (Phi) is 7.29. The van der Waals surface area contributed by atoms with Crippen LogP contribution in [0.1, 0.15) is 22.0 Å². The molecule has 9 heteroatoms. The van der Waals surface area contributed by atoms with Crippen molar-refractivity contribution in [1.82, 2.24) is 4.98 Å². The maximum atomic E-state index is 12.9. The van der Waals surface area contributed by atoms with Crippen LogP contribution in [0.15, 0.2) is 65.6 Å². The fraction of sp³-hybridized carbons (Fsp3) is 0.250. The summed E-state index contributed by atoms with van der Waals surface area (Å²) in [6.45, 7) is 3.12. The van der Waals surface area contributed by atoms with Crippen molar-refractivity contribution in [2.75, 3.05) is 48.4 Å². The average Bonchev–Trinajstić information content (AvgIpc) is 2.83. The Labute approximate surface area is 196 Å². The van der Waals surface area contributed by atoms with E-state index in [9.17, 15) is 14.7 Å². The molecule has 4 N–H and O–H groups in total. The van der Waals surface area contributed by atoms with Crippen LogP contribution in [-0.4, -0.2) is 48.8 Å². The van der Waals surface area contributed by atoms with Gasteiger partial charge in [-0.25, -0.2) is 0 Å². The topological polar surface area (TPSA) is 107 Å². The van der Waals surface area contributed by atoms with Crippen LogP contribution in [0.3, 0.4) is 0 Å². The summed E-state index contributed by atoms with van der Waals surface area (Å²) in [6, 6.07) is 15.9. The van der Waals surface area contributed by atoms with Crippen molar-refractivity contribution in [2.24, 2.45) is 0 Å². The Morgan fingerprint density at radius 2 is 1.91 bits per heavy atom. The van der Waals surface area contributed by atoms with Gasteiger partial charge in [-0.3, -0.25) is 9.59 Å². The molecule has 2 aromatic carbocycles. The van der Waals surface area contributed by atoms with Crippen molar-refractivity contribution in [3.8, 4) is 0 Å². The van der Waals surface area contributed by atoms with Crippen LogP contribution in [-0.2, 0) is 4.74 Å². The van der Waals surface area contributed by atoms with Crippen LogP contribution in [0.2, 0.25) is 5.02 Å².